The predicted molar refractivity (Wildman–Crippen MR) is 46.3 cm³/mol. The average molecular weight is 178 g/mol. The normalized spacial score (nSPS) is 10.5. The Hall–Kier alpha value is 0.0500. The Morgan fingerprint density at radius 3 is 2.09 bits per heavy atom. The molecule has 3 nitrogen and oxygen atoms in total. The zero-order chi connectivity index (χ0) is 8.53. The fourth-order valence-electron chi connectivity index (χ4n) is 0.436. The zero-order valence-corrected chi connectivity index (χ0v) is 7.97. The Bertz CT molecular complexity index is 91.7. The summed E-state index contributed by atoms with van der Waals surface area (Å²) in [5, 5.41) is 0. The maximum absolute atomic E-state index is 5.17. The minimum atomic E-state index is -1.14. The minimum absolute atomic E-state index is 0.478. The van der Waals surface area contributed by atoms with E-state index in [1.165, 1.54) is 0 Å². The Morgan fingerprint density at radius 1 is 1.18 bits per heavy atom. The van der Waals surface area contributed by atoms with Gasteiger partial charge in [-0.2, -0.15) is 0 Å². The molecule has 0 aromatic rings. The van der Waals surface area contributed by atoms with Crippen molar-refractivity contribution < 1.29 is 13.6 Å². The van der Waals surface area contributed by atoms with Gasteiger partial charge in [-0.15, -0.1) is 6.58 Å². The molecule has 0 fully saturated rings. The summed E-state index contributed by atoms with van der Waals surface area (Å²) < 4.78 is 15.5. The summed E-state index contributed by atoms with van der Waals surface area (Å²) >= 11 is 0. The van der Waals surface area contributed by atoms with Gasteiger partial charge in [-0.05, 0) is 13.8 Å². The summed E-state index contributed by atoms with van der Waals surface area (Å²) in [6.07, 6.45) is 1.67. The van der Waals surface area contributed by atoms with Crippen molar-refractivity contribution in [3.63, 3.8) is 0 Å². The Balaban J connectivity index is 3.41. The monoisotopic (exact) mass is 178 g/mol. The van der Waals surface area contributed by atoms with Crippen molar-refractivity contribution in [1.82, 2.24) is 0 Å². The largest absolute Gasteiger partial charge is 0.332 e. The van der Waals surface area contributed by atoms with Crippen molar-refractivity contribution in [1.29, 1.82) is 0 Å². The van der Waals surface area contributed by atoms with Crippen molar-refractivity contribution in [3.8, 4) is 0 Å². The maximum atomic E-state index is 5.17. The summed E-state index contributed by atoms with van der Waals surface area (Å²) in [7, 11) is -1.14. The molecule has 0 spiro atoms. The Morgan fingerprint density at radius 2 is 1.73 bits per heavy atom. The van der Waals surface area contributed by atoms with Gasteiger partial charge >= 0.3 is 8.60 Å². The molecule has 0 saturated carbocycles. The molecule has 0 radical (unpaired) electrons. The van der Waals surface area contributed by atoms with E-state index in [1.807, 2.05) is 13.8 Å². The van der Waals surface area contributed by atoms with E-state index in [4.69, 9.17) is 13.6 Å². The van der Waals surface area contributed by atoms with E-state index in [9.17, 15) is 0 Å². The first-order valence-corrected chi connectivity index (χ1v) is 4.74. The summed E-state index contributed by atoms with van der Waals surface area (Å²) in [5.41, 5.74) is 0. The zero-order valence-electron chi connectivity index (χ0n) is 7.08. The van der Waals surface area contributed by atoms with E-state index in [1.54, 1.807) is 6.08 Å². The molecular formula is C7H15O3P. The highest BCUT2D eigenvalue weighted by atomic mass is 31.2. The smallest absolute Gasteiger partial charge is 0.313 e. The predicted octanol–water partition coefficient (Wildman–Crippen LogP) is 2.49. The highest BCUT2D eigenvalue weighted by molar-refractivity contribution is 7.41. The fraction of sp³-hybridized carbons (Fsp3) is 0.714. The van der Waals surface area contributed by atoms with E-state index in [2.05, 4.69) is 6.58 Å². The Kier molecular flexibility index (Phi) is 8.19. The second-order valence-electron chi connectivity index (χ2n) is 1.64. The van der Waals surface area contributed by atoms with E-state index < -0.39 is 8.60 Å². The lowest BCUT2D eigenvalue weighted by Crippen LogP contribution is -1.94. The molecule has 0 aromatic carbocycles. The molecule has 0 bridgehead atoms. The van der Waals surface area contributed by atoms with Crippen molar-refractivity contribution in [2.75, 3.05) is 19.8 Å². The van der Waals surface area contributed by atoms with Crippen molar-refractivity contribution in [2.45, 2.75) is 13.8 Å². The molecule has 0 aromatic heterocycles. The van der Waals surface area contributed by atoms with E-state index >= 15 is 0 Å². The van der Waals surface area contributed by atoms with Gasteiger partial charge in [0, 0.05) is 0 Å². The first-order valence-electron chi connectivity index (χ1n) is 3.64. The minimum Gasteiger partial charge on any atom is -0.313 e. The highest BCUT2D eigenvalue weighted by Gasteiger charge is 2.08. The molecule has 0 unspecified atom stereocenters. The third-order valence-corrected chi connectivity index (χ3v) is 2.06. The van der Waals surface area contributed by atoms with Crippen LogP contribution < -0.4 is 0 Å². The van der Waals surface area contributed by atoms with Crippen LogP contribution in [0.5, 0.6) is 0 Å². The lowest BCUT2D eigenvalue weighted by molar-refractivity contribution is 0.182. The summed E-state index contributed by atoms with van der Waals surface area (Å²) in [5.74, 6) is 0. The van der Waals surface area contributed by atoms with Crippen molar-refractivity contribution in [2.24, 2.45) is 0 Å². The van der Waals surface area contributed by atoms with Gasteiger partial charge in [0.25, 0.3) is 0 Å². The van der Waals surface area contributed by atoms with E-state index in [-0.39, 0.29) is 0 Å². The second-order valence-corrected chi connectivity index (χ2v) is 2.87. The van der Waals surface area contributed by atoms with Crippen molar-refractivity contribution in [3.05, 3.63) is 12.7 Å². The highest BCUT2D eigenvalue weighted by Crippen LogP contribution is 2.38. The third-order valence-electron chi connectivity index (χ3n) is 0.767. The first-order chi connectivity index (χ1) is 5.35. The molecule has 0 atom stereocenters. The standard InChI is InChI=1S/C7H15O3P/c1-4-7-10-11(8-5-2)9-6-3/h4H,1,5-7H2,2-3H3. The Labute approximate surface area is 69.3 Å². The first kappa shape index (κ1) is 11.1. The molecule has 0 heterocycles. The van der Waals surface area contributed by atoms with E-state index in [0.29, 0.717) is 19.8 Å². The molecule has 0 aliphatic rings. The van der Waals surface area contributed by atoms with Gasteiger partial charge in [-0.1, -0.05) is 6.08 Å². The molecule has 66 valence electrons. The van der Waals surface area contributed by atoms with E-state index in [0.717, 1.165) is 0 Å². The van der Waals surface area contributed by atoms with Gasteiger partial charge in [-0.25, -0.2) is 0 Å². The quantitative estimate of drug-likeness (QED) is 0.442. The van der Waals surface area contributed by atoms with Crippen LogP contribution in [0, 0.1) is 0 Å². The van der Waals surface area contributed by atoms with Gasteiger partial charge in [0.1, 0.15) is 0 Å². The molecular weight excluding hydrogens is 163 g/mol. The number of rotatable bonds is 7. The second kappa shape index (κ2) is 8.15. The van der Waals surface area contributed by atoms with Crippen LogP contribution in [-0.2, 0) is 13.6 Å². The molecule has 0 aliphatic carbocycles. The molecule has 0 N–H and O–H groups in total. The molecule has 0 amide bonds. The third kappa shape index (κ3) is 6.45. The molecule has 0 saturated heterocycles. The summed E-state index contributed by atoms with van der Waals surface area (Å²) in [4.78, 5) is 0. The summed E-state index contributed by atoms with van der Waals surface area (Å²) in [6.45, 7) is 9.05. The average Bonchev–Trinajstić information content (AvgIpc) is 2.01. The lowest BCUT2D eigenvalue weighted by atomic mass is 10.7. The van der Waals surface area contributed by atoms with Gasteiger partial charge < -0.3 is 13.6 Å². The van der Waals surface area contributed by atoms with Gasteiger partial charge in [0.15, 0.2) is 0 Å². The molecule has 4 heteroatoms. The van der Waals surface area contributed by atoms with Crippen molar-refractivity contribution >= 4 is 8.60 Å². The van der Waals surface area contributed by atoms with Crippen LogP contribution in [0.25, 0.3) is 0 Å². The van der Waals surface area contributed by atoms with Crippen LogP contribution in [0.15, 0.2) is 12.7 Å². The van der Waals surface area contributed by atoms with Crippen LogP contribution >= 0.6 is 8.60 Å². The van der Waals surface area contributed by atoms with Crippen LogP contribution in [0.4, 0.5) is 0 Å². The topological polar surface area (TPSA) is 27.7 Å². The molecule has 11 heavy (non-hydrogen) atoms. The molecule has 0 rings (SSSR count). The van der Waals surface area contributed by atoms with Crippen LogP contribution in [-0.4, -0.2) is 19.8 Å². The van der Waals surface area contributed by atoms with Gasteiger partial charge in [-0.3, -0.25) is 0 Å². The number of hydrogen-bond acceptors (Lipinski definition) is 3. The fourth-order valence-corrected chi connectivity index (χ4v) is 1.31. The van der Waals surface area contributed by atoms with Crippen LogP contribution in [0.2, 0.25) is 0 Å². The summed E-state index contributed by atoms with van der Waals surface area (Å²) in [6, 6.07) is 0. The van der Waals surface area contributed by atoms with Crippen LogP contribution in [0.1, 0.15) is 13.8 Å². The maximum Gasteiger partial charge on any atom is 0.332 e. The SMILES string of the molecule is C=CCOP(OCC)OCC. The van der Waals surface area contributed by atoms with Gasteiger partial charge in [0.2, 0.25) is 0 Å². The lowest BCUT2D eigenvalue weighted by Gasteiger charge is -2.12. The molecule has 0 aliphatic heterocycles. The number of hydrogen-bond donors (Lipinski definition) is 0. The van der Waals surface area contributed by atoms with Gasteiger partial charge in [0.05, 0.1) is 19.8 Å². The van der Waals surface area contributed by atoms with Crippen LogP contribution in [0.3, 0.4) is 0 Å².